The molecule has 1 amide bonds. The average molecular weight is 336 g/mol. The van der Waals surface area contributed by atoms with Crippen molar-refractivity contribution in [1.29, 1.82) is 0 Å². The van der Waals surface area contributed by atoms with E-state index < -0.39 is 0 Å². The SMILES string of the molecule is O=C(NN=C1C2CC3CC(C2)CC1C3)c1cc(Br)c[nH]1. The van der Waals surface area contributed by atoms with Crippen LogP contribution in [0.25, 0.3) is 0 Å². The number of halogens is 1. The van der Waals surface area contributed by atoms with E-state index in [1.54, 1.807) is 12.3 Å². The summed E-state index contributed by atoms with van der Waals surface area (Å²) < 4.78 is 0.880. The van der Waals surface area contributed by atoms with Gasteiger partial charge in [0.05, 0.1) is 0 Å². The van der Waals surface area contributed by atoms with Crippen LogP contribution in [0.2, 0.25) is 0 Å². The summed E-state index contributed by atoms with van der Waals surface area (Å²) in [6.45, 7) is 0. The minimum atomic E-state index is -0.156. The second kappa shape index (κ2) is 4.72. The van der Waals surface area contributed by atoms with Gasteiger partial charge in [0, 0.05) is 16.4 Å². The molecule has 4 fully saturated rings. The lowest BCUT2D eigenvalue weighted by atomic mass is 9.55. The van der Waals surface area contributed by atoms with Crippen LogP contribution in [-0.2, 0) is 0 Å². The average Bonchev–Trinajstić information content (AvgIpc) is 2.83. The van der Waals surface area contributed by atoms with Crippen LogP contribution in [0.1, 0.15) is 42.6 Å². The molecule has 5 rings (SSSR count). The minimum Gasteiger partial charge on any atom is -0.356 e. The van der Waals surface area contributed by atoms with Crippen molar-refractivity contribution in [3.05, 3.63) is 22.4 Å². The van der Waals surface area contributed by atoms with Crippen molar-refractivity contribution in [2.75, 3.05) is 0 Å². The lowest BCUT2D eigenvalue weighted by Crippen LogP contribution is -2.46. The fourth-order valence-corrected chi connectivity index (χ4v) is 4.87. The first kappa shape index (κ1) is 12.6. The van der Waals surface area contributed by atoms with Gasteiger partial charge >= 0.3 is 0 Å². The van der Waals surface area contributed by atoms with E-state index in [2.05, 4.69) is 31.4 Å². The van der Waals surface area contributed by atoms with Crippen LogP contribution in [0.4, 0.5) is 0 Å². The predicted molar refractivity (Wildman–Crippen MR) is 80.4 cm³/mol. The number of aromatic nitrogens is 1. The summed E-state index contributed by atoms with van der Waals surface area (Å²) >= 11 is 3.33. The highest BCUT2D eigenvalue weighted by Crippen LogP contribution is 2.52. The second-order valence-corrected chi connectivity index (χ2v) is 7.43. The summed E-state index contributed by atoms with van der Waals surface area (Å²) in [6, 6.07) is 1.77. The molecule has 5 heteroatoms. The van der Waals surface area contributed by atoms with Crippen molar-refractivity contribution in [3.8, 4) is 0 Å². The fraction of sp³-hybridized carbons (Fsp3) is 0.600. The molecule has 1 aromatic heterocycles. The molecule has 0 aliphatic heterocycles. The molecular weight excluding hydrogens is 318 g/mol. The smallest absolute Gasteiger partial charge is 0.287 e. The van der Waals surface area contributed by atoms with E-state index >= 15 is 0 Å². The lowest BCUT2D eigenvalue weighted by Gasteiger charge is -2.50. The Morgan fingerprint density at radius 3 is 2.40 bits per heavy atom. The van der Waals surface area contributed by atoms with E-state index in [1.165, 1.54) is 37.8 Å². The molecule has 0 aromatic carbocycles. The van der Waals surface area contributed by atoms with Gasteiger partial charge in [-0.05, 0) is 77.8 Å². The van der Waals surface area contributed by atoms with E-state index in [-0.39, 0.29) is 5.91 Å². The number of H-pyrrole nitrogens is 1. The van der Waals surface area contributed by atoms with Gasteiger partial charge in [-0.15, -0.1) is 0 Å². The van der Waals surface area contributed by atoms with Gasteiger partial charge in [0.2, 0.25) is 0 Å². The van der Waals surface area contributed by atoms with Crippen LogP contribution in [0, 0.1) is 23.7 Å². The molecule has 1 aromatic rings. The highest BCUT2D eigenvalue weighted by atomic mass is 79.9. The third-order valence-electron chi connectivity index (χ3n) is 5.15. The number of carbonyl (C=O) groups is 1. The Balaban J connectivity index is 1.49. The van der Waals surface area contributed by atoms with Gasteiger partial charge in [0.25, 0.3) is 5.91 Å². The topological polar surface area (TPSA) is 57.2 Å². The van der Waals surface area contributed by atoms with Crippen molar-refractivity contribution >= 4 is 27.5 Å². The van der Waals surface area contributed by atoms with Gasteiger partial charge in [0.15, 0.2) is 0 Å². The molecule has 0 spiro atoms. The quantitative estimate of drug-likeness (QED) is 0.800. The molecule has 1 heterocycles. The third-order valence-corrected chi connectivity index (χ3v) is 5.61. The number of hydrazone groups is 1. The van der Waals surface area contributed by atoms with E-state index in [4.69, 9.17) is 0 Å². The maximum Gasteiger partial charge on any atom is 0.287 e. The fourth-order valence-electron chi connectivity index (χ4n) is 4.52. The van der Waals surface area contributed by atoms with Crippen molar-refractivity contribution in [3.63, 3.8) is 0 Å². The highest BCUT2D eigenvalue weighted by molar-refractivity contribution is 9.10. The van der Waals surface area contributed by atoms with Crippen LogP contribution in [0.3, 0.4) is 0 Å². The number of carbonyl (C=O) groups excluding carboxylic acids is 1. The van der Waals surface area contributed by atoms with E-state index in [1.807, 2.05) is 0 Å². The Morgan fingerprint density at radius 2 is 1.85 bits per heavy atom. The van der Waals surface area contributed by atoms with Gasteiger partial charge in [0.1, 0.15) is 5.69 Å². The monoisotopic (exact) mass is 335 g/mol. The molecule has 0 atom stereocenters. The van der Waals surface area contributed by atoms with Gasteiger partial charge in [-0.2, -0.15) is 5.10 Å². The molecule has 4 bridgehead atoms. The number of hydrogen-bond donors (Lipinski definition) is 2. The first-order valence-electron chi connectivity index (χ1n) is 7.40. The molecule has 4 nitrogen and oxygen atoms in total. The van der Waals surface area contributed by atoms with Crippen molar-refractivity contribution in [2.45, 2.75) is 32.1 Å². The maximum absolute atomic E-state index is 12.0. The summed E-state index contributed by atoms with van der Waals surface area (Å²) in [7, 11) is 0. The van der Waals surface area contributed by atoms with Crippen LogP contribution >= 0.6 is 15.9 Å². The Bertz CT molecular complexity index is 547. The number of hydrogen-bond acceptors (Lipinski definition) is 2. The van der Waals surface area contributed by atoms with E-state index in [9.17, 15) is 4.79 Å². The number of nitrogens with zero attached hydrogens (tertiary/aromatic N) is 1. The van der Waals surface area contributed by atoms with Crippen LogP contribution in [-0.4, -0.2) is 16.6 Å². The highest BCUT2D eigenvalue weighted by Gasteiger charge is 2.46. The Morgan fingerprint density at radius 1 is 1.20 bits per heavy atom. The number of amides is 1. The van der Waals surface area contributed by atoms with Gasteiger partial charge in [-0.25, -0.2) is 5.43 Å². The van der Waals surface area contributed by atoms with Crippen LogP contribution in [0.5, 0.6) is 0 Å². The van der Waals surface area contributed by atoms with Gasteiger partial charge in [-0.1, -0.05) is 0 Å². The van der Waals surface area contributed by atoms with Crippen molar-refractivity contribution in [1.82, 2.24) is 10.4 Å². The Kier molecular flexibility index (Phi) is 2.98. The van der Waals surface area contributed by atoms with Gasteiger partial charge in [-0.3, -0.25) is 4.79 Å². The van der Waals surface area contributed by atoms with Gasteiger partial charge < -0.3 is 4.98 Å². The number of rotatable bonds is 2. The normalized spacial score (nSPS) is 34.4. The molecule has 4 saturated carbocycles. The predicted octanol–water partition coefficient (Wildman–Crippen LogP) is 3.32. The lowest BCUT2D eigenvalue weighted by molar-refractivity contribution is 0.0938. The van der Waals surface area contributed by atoms with Crippen LogP contribution in [0.15, 0.2) is 21.8 Å². The molecule has 0 radical (unpaired) electrons. The molecule has 20 heavy (non-hydrogen) atoms. The summed E-state index contributed by atoms with van der Waals surface area (Å²) in [6.07, 6.45) is 8.34. The first-order valence-corrected chi connectivity index (χ1v) is 8.20. The maximum atomic E-state index is 12.0. The van der Waals surface area contributed by atoms with Crippen LogP contribution < -0.4 is 5.43 Å². The van der Waals surface area contributed by atoms with E-state index in [0.717, 1.165) is 16.3 Å². The molecule has 0 unspecified atom stereocenters. The molecule has 0 saturated heterocycles. The molecule has 4 aliphatic rings. The molecule has 2 N–H and O–H groups in total. The van der Waals surface area contributed by atoms with E-state index in [0.29, 0.717) is 17.5 Å². The zero-order valence-electron chi connectivity index (χ0n) is 11.2. The zero-order valence-corrected chi connectivity index (χ0v) is 12.8. The third kappa shape index (κ3) is 2.12. The zero-order chi connectivity index (χ0) is 13.7. The first-order chi connectivity index (χ1) is 9.69. The summed E-state index contributed by atoms with van der Waals surface area (Å²) in [5, 5.41) is 4.49. The Hall–Kier alpha value is -1.10. The number of nitrogens with one attached hydrogen (secondary N) is 2. The molecule has 106 valence electrons. The number of aromatic amines is 1. The van der Waals surface area contributed by atoms with Crippen molar-refractivity contribution < 1.29 is 4.79 Å². The summed E-state index contributed by atoms with van der Waals surface area (Å²) in [4.78, 5) is 15.0. The Labute approximate surface area is 126 Å². The largest absolute Gasteiger partial charge is 0.356 e. The molecular formula is C15H18BrN3O. The molecule has 4 aliphatic carbocycles. The summed E-state index contributed by atoms with van der Waals surface area (Å²) in [5.74, 6) is 2.94. The van der Waals surface area contributed by atoms with Crippen molar-refractivity contribution in [2.24, 2.45) is 28.8 Å². The standard InChI is InChI=1S/C15H18BrN3O/c16-12-6-13(17-7-12)15(20)19-18-14-10-2-8-1-9(4-10)5-11(14)3-8/h6-11,17H,1-5H2,(H,19,20). The second-order valence-electron chi connectivity index (χ2n) is 6.51. The minimum absolute atomic E-state index is 0.156. The summed E-state index contributed by atoms with van der Waals surface area (Å²) in [5.41, 5.74) is 4.54.